The second-order valence-corrected chi connectivity index (χ2v) is 9.89. The summed E-state index contributed by atoms with van der Waals surface area (Å²) in [6.07, 6.45) is 3.11. The third-order valence-corrected chi connectivity index (χ3v) is 7.08. The van der Waals surface area contributed by atoms with Crippen molar-refractivity contribution in [2.45, 2.75) is 50.8 Å². The van der Waals surface area contributed by atoms with Gasteiger partial charge in [0.1, 0.15) is 11.3 Å². The van der Waals surface area contributed by atoms with Crippen LogP contribution in [0.1, 0.15) is 41.5 Å². The standard InChI is InChI=1S/C24H25NO6S/c1-15-7-9-17(10-8-15)32(28,29)25-12-11-22(26)30-20-13-16(2)14-21-23(20)18-5-3-4-6-19(18)24(27)31-21/h7-10,13-14,25H,3-6,11-12H2,1-2H3. The molecule has 0 atom stereocenters. The zero-order valence-electron chi connectivity index (χ0n) is 18.1. The van der Waals surface area contributed by atoms with E-state index in [4.69, 9.17) is 9.15 Å². The number of hydrogen-bond donors (Lipinski definition) is 1. The summed E-state index contributed by atoms with van der Waals surface area (Å²) in [5, 5.41) is 0.651. The van der Waals surface area contributed by atoms with Crippen LogP contribution >= 0.6 is 0 Å². The summed E-state index contributed by atoms with van der Waals surface area (Å²) in [5.41, 5.74) is 3.34. The first-order valence-corrected chi connectivity index (χ1v) is 12.1. The average molecular weight is 456 g/mol. The van der Waals surface area contributed by atoms with Crippen LogP contribution in [-0.4, -0.2) is 20.9 Å². The highest BCUT2D eigenvalue weighted by Crippen LogP contribution is 2.34. The van der Waals surface area contributed by atoms with Gasteiger partial charge in [-0.05, 0) is 74.9 Å². The Kier molecular flexibility index (Phi) is 6.17. The summed E-state index contributed by atoms with van der Waals surface area (Å²) in [6.45, 7) is 3.61. The maximum Gasteiger partial charge on any atom is 0.339 e. The molecule has 0 aliphatic heterocycles. The predicted molar refractivity (Wildman–Crippen MR) is 120 cm³/mol. The van der Waals surface area contributed by atoms with E-state index in [1.807, 2.05) is 13.8 Å². The summed E-state index contributed by atoms with van der Waals surface area (Å²) in [7, 11) is -3.71. The van der Waals surface area contributed by atoms with Crippen LogP contribution in [0.3, 0.4) is 0 Å². The zero-order chi connectivity index (χ0) is 22.9. The average Bonchev–Trinajstić information content (AvgIpc) is 2.73. The second kappa shape index (κ2) is 8.88. The van der Waals surface area contributed by atoms with Gasteiger partial charge in [0, 0.05) is 12.1 Å². The summed E-state index contributed by atoms with van der Waals surface area (Å²) in [4.78, 5) is 25.0. The van der Waals surface area contributed by atoms with Gasteiger partial charge in [-0.3, -0.25) is 4.79 Å². The molecule has 7 nitrogen and oxygen atoms in total. The maximum atomic E-state index is 12.5. The molecule has 0 spiro atoms. The van der Waals surface area contributed by atoms with Crippen molar-refractivity contribution >= 4 is 27.0 Å². The van der Waals surface area contributed by atoms with Crippen molar-refractivity contribution in [3.63, 3.8) is 0 Å². The molecule has 1 aliphatic carbocycles. The first-order chi connectivity index (χ1) is 15.2. The van der Waals surface area contributed by atoms with E-state index in [0.717, 1.165) is 36.0 Å². The number of carbonyl (C=O) groups is 1. The second-order valence-electron chi connectivity index (χ2n) is 8.12. The molecule has 32 heavy (non-hydrogen) atoms. The van der Waals surface area contributed by atoms with Gasteiger partial charge in [-0.25, -0.2) is 17.9 Å². The molecule has 8 heteroatoms. The number of benzene rings is 2. The lowest BCUT2D eigenvalue weighted by Crippen LogP contribution is -2.27. The van der Waals surface area contributed by atoms with E-state index in [9.17, 15) is 18.0 Å². The fourth-order valence-electron chi connectivity index (χ4n) is 4.01. The van der Waals surface area contributed by atoms with E-state index < -0.39 is 16.0 Å². The molecule has 1 heterocycles. The van der Waals surface area contributed by atoms with Gasteiger partial charge in [-0.15, -0.1) is 0 Å². The van der Waals surface area contributed by atoms with Crippen LogP contribution in [0.5, 0.6) is 5.75 Å². The Morgan fingerprint density at radius 3 is 2.44 bits per heavy atom. The fraction of sp³-hybridized carbons (Fsp3) is 0.333. The van der Waals surface area contributed by atoms with Gasteiger partial charge in [0.2, 0.25) is 10.0 Å². The number of hydrogen-bond acceptors (Lipinski definition) is 6. The molecule has 1 aromatic heterocycles. The van der Waals surface area contributed by atoms with E-state index >= 15 is 0 Å². The highest BCUT2D eigenvalue weighted by molar-refractivity contribution is 7.89. The van der Waals surface area contributed by atoms with Crippen LogP contribution in [0.15, 0.2) is 50.5 Å². The van der Waals surface area contributed by atoms with Crippen molar-refractivity contribution in [3.05, 3.63) is 69.1 Å². The minimum atomic E-state index is -3.71. The Morgan fingerprint density at radius 1 is 1.03 bits per heavy atom. The van der Waals surface area contributed by atoms with Gasteiger partial charge in [0.25, 0.3) is 0 Å². The van der Waals surface area contributed by atoms with E-state index in [1.165, 1.54) is 12.1 Å². The number of nitrogens with one attached hydrogen (secondary N) is 1. The summed E-state index contributed by atoms with van der Waals surface area (Å²) >= 11 is 0. The Morgan fingerprint density at radius 2 is 1.72 bits per heavy atom. The molecule has 4 rings (SSSR count). The molecule has 1 N–H and O–H groups in total. The first kappa shape index (κ1) is 22.2. The molecular weight excluding hydrogens is 430 g/mol. The molecule has 0 saturated heterocycles. The van der Waals surface area contributed by atoms with Gasteiger partial charge in [-0.1, -0.05) is 17.7 Å². The molecule has 168 valence electrons. The molecule has 0 amide bonds. The number of aryl methyl sites for hydroxylation is 3. The number of esters is 1. The Labute approximate surface area is 186 Å². The molecule has 0 unspecified atom stereocenters. The van der Waals surface area contributed by atoms with Crippen LogP contribution < -0.4 is 15.1 Å². The number of ether oxygens (including phenoxy) is 1. The van der Waals surface area contributed by atoms with Crippen LogP contribution in [0.2, 0.25) is 0 Å². The summed E-state index contributed by atoms with van der Waals surface area (Å²) in [6, 6.07) is 9.97. The van der Waals surface area contributed by atoms with Crippen LogP contribution in [-0.2, 0) is 27.7 Å². The van der Waals surface area contributed by atoms with Gasteiger partial charge in [0.15, 0.2) is 0 Å². The Hall–Kier alpha value is -2.97. The van der Waals surface area contributed by atoms with Crippen molar-refractivity contribution < 1.29 is 22.4 Å². The number of carbonyl (C=O) groups excluding carboxylic acids is 1. The molecule has 1 aliphatic rings. The maximum absolute atomic E-state index is 12.5. The lowest BCUT2D eigenvalue weighted by atomic mass is 9.90. The van der Waals surface area contributed by atoms with Gasteiger partial charge >= 0.3 is 11.6 Å². The number of rotatable bonds is 6. The van der Waals surface area contributed by atoms with Crippen LogP contribution in [0.4, 0.5) is 0 Å². The molecule has 0 saturated carbocycles. The Bertz CT molecular complexity index is 1340. The van der Waals surface area contributed by atoms with Crippen molar-refractivity contribution in [1.29, 1.82) is 0 Å². The minimum Gasteiger partial charge on any atom is -0.426 e. The predicted octanol–water partition coefficient (Wildman–Crippen LogP) is 3.56. The van der Waals surface area contributed by atoms with Crippen molar-refractivity contribution in [2.24, 2.45) is 0 Å². The molecular formula is C24H25NO6S. The first-order valence-electron chi connectivity index (χ1n) is 10.6. The van der Waals surface area contributed by atoms with E-state index in [-0.39, 0.29) is 23.5 Å². The van der Waals surface area contributed by atoms with E-state index in [0.29, 0.717) is 28.7 Å². The summed E-state index contributed by atoms with van der Waals surface area (Å²) in [5.74, 6) is -0.229. The lowest BCUT2D eigenvalue weighted by molar-refractivity contribution is -0.134. The van der Waals surface area contributed by atoms with Gasteiger partial charge in [-0.2, -0.15) is 0 Å². The third-order valence-electron chi connectivity index (χ3n) is 5.61. The number of fused-ring (bicyclic) bond motifs is 3. The molecule has 3 aromatic rings. The lowest BCUT2D eigenvalue weighted by Gasteiger charge is -2.18. The normalized spacial score (nSPS) is 13.7. The summed E-state index contributed by atoms with van der Waals surface area (Å²) < 4.78 is 38.3. The van der Waals surface area contributed by atoms with Crippen molar-refractivity contribution in [2.75, 3.05) is 6.54 Å². The SMILES string of the molecule is Cc1ccc(S(=O)(=O)NCCC(=O)Oc2cc(C)cc3oc(=O)c4c(c23)CCCC4)cc1. The van der Waals surface area contributed by atoms with Crippen LogP contribution in [0.25, 0.3) is 11.0 Å². The molecule has 0 radical (unpaired) electrons. The smallest absolute Gasteiger partial charge is 0.339 e. The monoisotopic (exact) mass is 455 g/mol. The van der Waals surface area contributed by atoms with E-state index in [2.05, 4.69) is 4.72 Å². The fourth-order valence-corrected chi connectivity index (χ4v) is 5.04. The molecule has 0 bridgehead atoms. The molecule has 0 fully saturated rings. The van der Waals surface area contributed by atoms with Gasteiger partial charge in [0.05, 0.1) is 16.7 Å². The third kappa shape index (κ3) is 4.61. The largest absolute Gasteiger partial charge is 0.426 e. The minimum absolute atomic E-state index is 0.0913. The van der Waals surface area contributed by atoms with Crippen molar-refractivity contribution in [1.82, 2.24) is 4.72 Å². The molecule has 2 aromatic carbocycles. The topological polar surface area (TPSA) is 103 Å². The van der Waals surface area contributed by atoms with Gasteiger partial charge < -0.3 is 9.15 Å². The quantitative estimate of drug-likeness (QED) is 0.346. The van der Waals surface area contributed by atoms with Crippen LogP contribution in [0, 0.1) is 13.8 Å². The highest BCUT2D eigenvalue weighted by atomic mass is 32.2. The number of sulfonamides is 1. The highest BCUT2D eigenvalue weighted by Gasteiger charge is 2.22. The zero-order valence-corrected chi connectivity index (χ0v) is 18.9. The van der Waals surface area contributed by atoms with Crippen molar-refractivity contribution in [3.8, 4) is 5.75 Å². The Balaban J connectivity index is 1.51. The van der Waals surface area contributed by atoms with E-state index in [1.54, 1.807) is 24.3 Å².